The molecule has 29 heavy (non-hydrogen) atoms. The number of hydrogen-bond acceptors (Lipinski definition) is 2. The molecule has 1 amide bonds. The normalized spacial score (nSPS) is 18.2. The van der Waals surface area contributed by atoms with Crippen molar-refractivity contribution in [3.63, 3.8) is 0 Å². The van der Waals surface area contributed by atoms with Gasteiger partial charge in [0, 0.05) is 5.69 Å². The number of anilines is 1. The molecule has 0 bridgehead atoms. The molecule has 4 heteroatoms. The largest absolute Gasteiger partial charge is 0.489 e. The number of carbonyl (C=O) groups excluding carboxylic acids is 1. The van der Waals surface area contributed by atoms with Crippen molar-refractivity contribution in [3.05, 3.63) is 108 Å². The highest BCUT2D eigenvalue weighted by Gasteiger charge is 2.47. The van der Waals surface area contributed by atoms with Gasteiger partial charge < -0.3 is 9.64 Å². The number of benzene rings is 3. The van der Waals surface area contributed by atoms with Gasteiger partial charge in [-0.3, -0.25) is 4.79 Å². The first-order chi connectivity index (χ1) is 14.2. The Bertz CT molecular complexity index is 984. The van der Waals surface area contributed by atoms with Gasteiger partial charge in [0.2, 0.25) is 5.91 Å². The number of nitrogens with zero attached hydrogens (tertiary/aromatic N) is 1. The lowest BCUT2D eigenvalue weighted by molar-refractivity contribution is -0.130. The minimum atomic E-state index is -0.319. The van der Waals surface area contributed by atoms with Crippen LogP contribution < -0.4 is 9.64 Å². The molecule has 1 aliphatic heterocycles. The highest BCUT2D eigenvalue weighted by Crippen LogP contribution is 2.45. The number of halogens is 1. The van der Waals surface area contributed by atoms with Gasteiger partial charge in [0.1, 0.15) is 18.2 Å². The van der Waals surface area contributed by atoms with Crippen LogP contribution in [-0.4, -0.2) is 5.91 Å². The second-order valence-corrected chi connectivity index (χ2v) is 7.10. The third kappa shape index (κ3) is 3.92. The topological polar surface area (TPSA) is 29.5 Å². The Morgan fingerprint density at radius 2 is 1.66 bits per heavy atom. The summed E-state index contributed by atoms with van der Waals surface area (Å²) in [5.74, 6) is 0.331. The van der Waals surface area contributed by atoms with Crippen LogP contribution in [0.25, 0.3) is 0 Å². The number of ether oxygens (including phenoxy) is 1. The molecule has 0 saturated carbocycles. The maximum atomic E-state index is 13.3. The summed E-state index contributed by atoms with van der Waals surface area (Å²) in [5, 5.41) is 0. The second kappa shape index (κ2) is 8.31. The Morgan fingerprint density at radius 3 is 2.31 bits per heavy atom. The molecule has 0 radical (unpaired) electrons. The van der Waals surface area contributed by atoms with Gasteiger partial charge in [0.15, 0.2) is 0 Å². The standard InChI is InChI=1S/C25H22FNO2/c1-2-6-23-24(27(25(23)28)21-13-11-20(26)12-14-21)19-9-15-22(16-10-19)29-17-18-7-4-3-5-8-18/h2-5,7-16,23-24H,1,6,17H2/t23-,24-/m1/s1. The average molecular weight is 387 g/mol. The van der Waals surface area contributed by atoms with E-state index in [1.165, 1.54) is 12.1 Å². The quantitative estimate of drug-likeness (QED) is 0.385. The van der Waals surface area contributed by atoms with Crippen LogP contribution in [0, 0.1) is 11.7 Å². The predicted molar refractivity (Wildman–Crippen MR) is 112 cm³/mol. The number of hydrogen-bond donors (Lipinski definition) is 0. The Balaban J connectivity index is 1.52. The predicted octanol–water partition coefficient (Wildman–Crippen LogP) is 5.68. The van der Waals surface area contributed by atoms with Crippen molar-refractivity contribution in [2.75, 3.05) is 4.90 Å². The zero-order valence-corrected chi connectivity index (χ0v) is 16.0. The van der Waals surface area contributed by atoms with Gasteiger partial charge in [-0.05, 0) is 53.9 Å². The molecule has 146 valence electrons. The summed E-state index contributed by atoms with van der Waals surface area (Å²) in [4.78, 5) is 14.4. The van der Waals surface area contributed by atoms with Crippen molar-refractivity contribution in [1.29, 1.82) is 0 Å². The van der Waals surface area contributed by atoms with Crippen LogP contribution in [0.3, 0.4) is 0 Å². The molecule has 1 aliphatic rings. The van der Waals surface area contributed by atoms with Gasteiger partial charge in [-0.25, -0.2) is 4.39 Å². The van der Waals surface area contributed by atoms with Crippen molar-refractivity contribution < 1.29 is 13.9 Å². The molecular weight excluding hydrogens is 365 g/mol. The highest BCUT2D eigenvalue weighted by atomic mass is 19.1. The summed E-state index contributed by atoms with van der Waals surface area (Å²) in [5.41, 5.74) is 2.83. The molecule has 0 spiro atoms. The van der Waals surface area contributed by atoms with Crippen LogP contribution in [-0.2, 0) is 11.4 Å². The lowest BCUT2D eigenvalue weighted by Crippen LogP contribution is -2.55. The van der Waals surface area contributed by atoms with E-state index in [1.54, 1.807) is 23.1 Å². The molecular formula is C25H22FNO2. The number of β-lactam (4-membered cyclic amide) rings is 1. The van der Waals surface area contributed by atoms with Gasteiger partial charge in [0.25, 0.3) is 0 Å². The van der Waals surface area contributed by atoms with E-state index in [9.17, 15) is 9.18 Å². The van der Waals surface area contributed by atoms with E-state index in [-0.39, 0.29) is 23.7 Å². The number of rotatable bonds is 7. The lowest BCUT2D eigenvalue weighted by Gasteiger charge is -2.47. The Labute approximate surface area is 170 Å². The summed E-state index contributed by atoms with van der Waals surface area (Å²) in [6.07, 6.45) is 2.38. The van der Waals surface area contributed by atoms with Crippen LogP contribution >= 0.6 is 0 Å². The Morgan fingerprint density at radius 1 is 0.966 bits per heavy atom. The Kier molecular flexibility index (Phi) is 5.43. The molecule has 0 aromatic heterocycles. The summed E-state index contributed by atoms with van der Waals surface area (Å²) < 4.78 is 19.2. The number of allylic oxidation sites excluding steroid dienone is 1. The van der Waals surface area contributed by atoms with Crippen LogP contribution in [0.4, 0.5) is 10.1 Å². The van der Waals surface area contributed by atoms with Crippen molar-refractivity contribution in [1.82, 2.24) is 0 Å². The first-order valence-electron chi connectivity index (χ1n) is 9.63. The van der Waals surface area contributed by atoms with Crippen LogP contribution in [0.2, 0.25) is 0 Å². The maximum absolute atomic E-state index is 13.3. The zero-order valence-electron chi connectivity index (χ0n) is 16.0. The molecule has 3 aromatic carbocycles. The van der Waals surface area contributed by atoms with Gasteiger partial charge in [-0.2, -0.15) is 0 Å². The van der Waals surface area contributed by atoms with E-state index in [4.69, 9.17) is 4.74 Å². The molecule has 0 aliphatic carbocycles. The maximum Gasteiger partial charge on any atom is 0.233 e. The van der Waals surface area contributed by atoms with Gasteiger partial charge in [-0.15, -0.1) is 6.58 Å². The van der Waals surface area contributed by atoms with Crippen molar-refractivity contribution in [2.24, 2.45) is 5.92 Å². The van der Waals surface area contributed by atoms with Crippen molar-refractivity contribution >= 4 is 11.6 Å². The van der Waals surface area contributed by atoms with Crippen LogP contribution in [0.1, 0.15) is 23.6 Å². The van der Waals surface area contributed by atoms with E-state index in [0.717, 1.165) is 16.9 Å². The molecule has 0 unspecified atom stereocenters. The summed E-state index contributed by atoms with van der Waals surface area (Å²) in [7, 11) is 0. The summed E-state index contributed by atoms with van der Waals surface area (Å²) in [6.45, 7) is 4.28. The molecule has 1 saturated heterocycles. The Hall–Kier alpha value is -3.40. The highest BCUT2D eigenvalue weighted by molar-refractivity contribution is 6.03. The van der Waals surface area contributed by atoms with E-state index >= 15 is 0 Å². The summed E-state index contributed by atoms with van der Waals surface area (Å²) >= 11 is 0. The smallest absolute Gasteiger partial charge is 0.233 e. The monoisotopic (exact) mass is 387 g/mol. The molecule has 1 fully saturated rings. The molecule has 0 N–H and O–H groups in total. The van der Waals surface area contributed by atoms with Gasteiger partial charge in [0.05, 0.1) is 12.0 Å². The third-order valence-corrected chi connectivity index (χ3v) is 5.21. The molecule has 1 heterocycles. The fraction of sp³-hybridized carbons (Fsp3) is 0.160. The van der Waals surface area contributed by atoms with Gasteiger partial charge in [-0.1, -0.05) is 48.5 Å². The van der Waals surface area contributed by atoms with Crippen molar-refractivity contribution in [2.45, 2.75) is 19.1 Å². The van der Waals surface area contributed by atoms with Crippen LogP contribution in [0.5, 0.6) is 5.75 Å². The fourth-order valence-corrected chi connectivity index (χ4v) is 3.73. The molecule has 3 nitrogen and oxygen atoms in total. The number of amides is 1. The SMILES string of the molecule is C=CC[C@H]1C(=O)N(c2ccc(F)cc2)[C@@H]1c1ccc(OCc2ccccc2)cc1. The van der Waals surface area contributed by atoms with Crippen LogP contribution in [0.15, 0.2) is 91.5 Å². The average Bonchev–Trinajstić information content (AvgIpc) is 2.76. The van der Waals surface area contributed by atoms with Gasteiger partial charge >= 0.3 is 0 Å². The molecule has 3 aromatic rings. The minimum Gasteiger partial charge on any atom is -0.489 e. The fourth-order valence-electron chi connectivity index (χ4n) is 3.73. The third-order valence-electron chi connectivity index (χ3n) is 5.21. The minimum absolute atomic E-state index is 0.0333. The molecule has 2 atom stereocenters. The zero-order chi connectivity index (χ0) is 20.2. The van der Waals surface area contributed by atoms with E-state index in [2.05, 4.69) is 6.58 Å². The number of carbonyl (C=O) groups is 1. The van der Waals surface area contributed by atoms with Crippen molar-refractivity contribution in [3.8, 4) is 5.75 Å². The first-order valence-corrected chi connectivity index (χ1v) is 9.63. The lowest BCUT2D eigenvalue weighted by atomic mass is 9.79. The van der Waals surface area contributed by atoms with E-state index in [1.807, 2.05) is 54.6 Å². The molecule has 4 rings (SSSR count). The van der Waals surface area contributed by atoms with E-state index in [0.29, 0.717) is 18.7 Å². The first kappa shape index (κ1) is 18.9. The summed E-state index contributed by atoms with van der Waals surface area (Å²) in [6, 6.07) is 23.8. The van der Waals surface area contributed by atoms with E-state index < -0.39 is 0 Å². The second-order valence-electron chi connectivity index (χ2n) is 7.10.